The van der Waals surface area contributed by atoms with Gasteiger partial charge in [0.1, 0.15) is 0 Å². The number of amides is 1. The SMILES string of the molecule is CC1CN(Cc2csc(NC(=O)CN)n2)CC(C)O1. The van der Waals surface area contributed by atoms with Crippen LogP contribution in [0.1, 0.15) is 19.5 Å². The Morgan fingerprint density at radius 3 is 2.89 bits per heavy atom. The summed E-state index contributed by atoms with van der Waals surface area (Å²) < 4.78 is 5.70. The lowest BCUT2D eigenvalue weighted by molar-refractivity contribution is -0.114. The molecule has 1 amide bonds. The second-order valence-electron chi connectivity index (χ2n) is 4.85. The number of nitrogens with zero attached hydrogens (tertiary/aromatic N) is 2. The molecule has 1 aliphatic rings. The summed E-state index contributed by atoms with van der Waals surface area (Å²) in [5, 5.41) is 5.25. The van der Waals surface area contributed by atoms with Gasteiger partial charge in [0.25, 0.3) is 0 Å². The van der Waals surface area contributed by atoms with Crippen LogP contribution in [0.5, 0.6) is 0 Å². The fourth-order valence-corrected chi connectivity index (χ4v) is 2.97. The number of carbonyl (C=O) groups is 1. The molecule has 1 aromatic rings. The van der Waals surface area contributed by atoms with Gasteiger partial charge in [-0.3, -0.25) is 9.69 Å². The van der Waals surface area contributed by atoms with Crippen molar-refractivity contribution in [1.82, 2.24) is 9.88 Å². The largest absolute Gasteiger partial charge is 0.373 e. The highest BCUT2D eigenvalue weighted by Crippen LogP contribution is 2.19. The lowest BCUT2D eigenvalue weighted by Crippen LogP contribution is -2.44. The molecule has 1 aliphatic heterocycles. The summed E-state index contributed by atoms with van der Waals surface area (Å²) in [7, 11) is 0. The predicted molar refractivity (Wildman–Crippen MR) is 75.1 cm³/mol. The van der Waals surface area contributed by atoms with Gasteiger partial charge in [-0.25, -0.2) is 4.98 Å². The predicted octanol–water partition coefficient (Wildman–Crippen LogP) is 0.650. The third kappa shape index (κ3) is 4.24. The van der Waals surface area contributed by atoms with Crippen LogP contribution < -0.4 is 11.1 Å². The average Bonchev–Trinajstić information content (AvgIpc) is 2.74. The molecule has 19 heavy (non-hydrogen) atoms. The van der Waals surface area contributed by atoms with Gasteiger partial charge < -0.3 is 15.8 Å². The average molecular weight is 284 g/mol. The molecule has 0 radical (unpaired) electrons. The van der Waals surface area contributed by atoms with Crippen LogP contribution in [0.2, 0.25) is 0 Å². The molecule has 1 aromatic heterocycles. The quantitative estimate of drug-likeness (QED) is 0.848. The van der Waals surface area contributed by atoms with Crippen molar-refractivity contribution in [2.45, 2.75) is 32.6 Å². The van der Waals surface area contributed by atoms with Crippen LogP contribution in [0.3, 0.4) is 0 Å². The molecular weight excluding hydrogens is 264 g/mol. The first-order chi connectivity index (χ1) is 9.06. The first-order valence-corrected chi connectivity index (χ1v) is 7.27. The van der Waals surface area contributed by atoms with E-state index in [0.717, 1.165) is 25.3 Å². The number of aromatic nitrogens is 1. The second kappa shape index (κ2) is 6.42. The molecule has 0 aromatic carbocycles. The lowest BCUT2D eigenvalue weighted by atomic mass is 10.2. The highest BCUT2D eigenvalue weighted by molar-refractivity contribution is 7.13. The molecule has 1 saturated heterocycles. The molecule has 0 bridgehead atoms. The van der Waals surface area contributed by atoms with Crippen LogP contribution in [0.15, 0.2) is 5.38 Å². The van der Waals surface area contributed by atoms with E-state index in [1.54, 1.807) is 0 Å². The number of carbonyl (C=O) groups excluding carboxylic acids is 1. The van der Waals surface area contributed by atoms with E-state index in [2.05, 4.69) is 29.0 Å². The van der Waals surface area contributed by atoms with Crippen molar-refractivity contribution in [1.29, 1.82) is 0 Å². The number of thiazole rings is 1. The van der Waals surface area contributed by atoms with Crippen molar-refractivity contribution in [3.8, 4) is 0 Å². The molecule has 3 N–H and O–H groups in total. The smallest absolute Gasteiger partial charge is 0.239 e. The van der Waals surface area contributed by atoms with Gasteiger partial charge in [-0.15, -0.1) is 11.3 Å². The Balaban J connectivity index is 1.90. The molecule has 2 heterocycles. The number of hydrogen-bond acceptors (Lipinski definition) is 6. The fraction of sp³-hybridized carbons (Fsp3) is 0.667. The van der Waals surface area contributed by atoms with Gasteiger partial charge in [-0.05, 0) is 13.8 Å². The van der Waals surface area contributed by atoms with Crippen LogP contribution in [0.4, 0.5) is 5.13 Å². The Labute approximate surface area is 116 Å². The first kappa shape index (κ1) is 14.4. The number of rotatable bonds is 4. The molecule has 2 unspecified atom stereocenters. The zero-order valence-electron chi connectivity index (χ0n) is 11.3. The number of ether oxygens (including phenoxy) is 1. The van der Waals surface area contributed by atoms with Gasteiger partial charge in [0, 0.05) is 25.0 Å². The lowest BCUT2D eigenvalue weighted by Gasteiger charge is -2.34. The maximum Gasteiger partial charge on any atom is 0.239 e. The number of hydrogen-bond donors (Lipinski definition) is 2. The van der Waals surface area contributed by atoms with E-state index in [1.807, 2.05) is 5.38 Å². The minimum Gasteiger partial charge on any atom is -0.373 e. The molecule has 106 valence electrons. The highest BCUT2D eigenvalue weighted by Gasteiger charge is 2.22. The van der Waals surface area contributed by atoms with Crippen LogP contribution in [-0.2, 0) is 16.1 Å². The second-order valence-corrected chi connectivity index (χ2v) is 5.71. The first-order valence-electron chi connectivity index (χ1n) is 6.39. The summed E-state index contributed by atoms with van der Waals surface area (Å²) in [6.07, 6.45) is 0.498. The molecular formula is C12H20N4O2S. The summed E-state index contributed by atoms with van der Waals surface area (Å²) in [6, 6.07) is 0. The molecule has 7 heteroatoms. The summed E-state index contributed by atoms with van der Waals surface area (Å²) in [4.78, 5) is 17.9. The van der Waals surface area contributed by atoms with Crippen molar-refractivity contribution in [2.24, 2.45) is 5.73 Å². The molecule has 2 atom stereocenters. The normalized spacial score (nSPS) is 24.4. The molecule has 0 saturated carbocycles. The topological polar surface area (TPSA) is 80.5 Å². The van der Waals surface area contributed by atoms with Crippen molar-refractivity contribution in [3.63, 3.8) is 0 Å². The van der Waals surface area contributed by atoms with Crippen molar-refractivity contribution in [2.75, 3.05) is 25.0 Å². The Morgan fingerprint density at radius 2 is 2.26 bits per heavy atom. The standard InChI is InChI=1S/C12H20N4O2S/c1-8-4-16(5-9(2)18-8)6-10-7-19-12(14-10)15-11(17)3-13/h7-9H,3-6,13H2,1-2H3,(H,14,15,17). The van der Waals surface area contributed by atoms with Crippen LogP contribution >= 0.6 is 11.3 Å². The van der Waals surface area contributed by atoms with Gasteiger partial charge in [0.15, 0.2) is 5.13 Å². The number of anilines is 1. The van der Waals surface area contributed by atoms with E-state index < -0.39 is 0 Å². The highest BCUT2D eigenvalue weighted by atomic mass is 32.1. The van der Waals surface area contributed by atoms with Crippen LogP contribution in [-0.4, -0.2) is 47.6 Å². The van der Waals surface area contributed by atoms with E-state index in [9.17, 15) is 4.79 Å². The Kier molecular flexibility index (Phi) is 4.87. The van der Waals surface area contributed by atoms with Crippen LogP contribution in [0.25, 0.3) is 0 Å². The van der Waals surface area contributed by atoms with Gasteiger partial charge >= 0.3 is 0 Å². The van der Waals surface area contributed by atoms with Gasteiger partial charge in [0.2, 0.25) is 5.91 Å². The minimum atomic E-state index is -0.213. The van der Waals surface area contributed by atoms with Crippen molar-refractivity contribution >= 4 is 22.4 Å². The number of nitrogens with two attached hydrogens (primary N) is 1. The van der Waals surface area contributed by atoms with Gasteiger partial charge in [-0.1, -0.05) is 0 Å². The van der Waals surface area contributed by atoms with E-state index in [-0.39, 0.29) is 24.7 Å². The maximum atomic E-state index is 11.2. The molecule has 0 spiro atoms. The fourth-order valence-electron chi connectivity index (χ4n) is 2.25. The number of nitrogens with one attached hydrogen (secondary N) is 1. The van der Waals surface area contributed by atoms with Gasteiger partial charge in [0.05, 0.1) is 24.4 Å². The van der Waals surface area contributed by atoms with Crippen molar-refractivity contribution < 1.29 is 9.53 Å². The maximum absolute atomic E-state index is 11.2. The third-order valence-electron chi connectivity index (χ3n) is 2.86. The van der Waals surface area contributed by atoms with E-state index in [4.69, 9.17) is 10.5 Å². The zero-order valence-corrected chi connectivity index (χ0v) is 12.1. The van der Waals surface area contributed by atoms with Crippen molar-refractivity contribution in [3.05, 3.63) is 11.1 Å². The van der Waals surface area contributed by atoms with E-state index in [1.165, 1.54) is 11.3 Å². The summed E-state index contributed by atoms with van der Waals surface area (Å²) in [6.45, 7) is 6.74. The summed E-state index contributed by atoms with van der Waals surface area (Å²) in [5.74, 6) is -0.213. The van der Waals surface area contributed by atoms with Crippen LogP contribution in [0, 0.1) is 0 Å². The van der Waals surface area contributed by atoms with E-state index in [0.29, 0.717) is 5.13 Å². The van der Waals surface area contributed by atoms with E-state index >= 15 is 0 Å². The Bertz CT molecular complexity index is 427. The van der Waals surface area contributed by atoms with Gasteiger partial charge in [-0.2, -0.15) is 0 Å². The third-order valence-corrected chi connectivity index (χ3v) is 3.67. The molecule has 2 rings (SSSR count). The summed E-state index contributed by atoms with van der Waals surface area (Å²) >= 11 is 1.43. The number of morpholine rings is 1. The Hall–Kier alpha value is -1.02. The molecule has 1 fully saturated rings. The molecule has 6 nitrogen and oxygen atoms in total. The minimum absolute atomic E-state index is 0.0204. The zero-order chi connectivity index (χ0) is 13.8. The Morgan fingerprint density at radius 1 is 1.58 bits per heavy atom. The molecule has 0 aliphatic carbocycles. The monoisotopic (exact) mass is 284 g/mol. The summed E-state index contributed by atoms with van der Waals surface area (Å²) in [5.41, 5.74) is 6.22.